The number of anilines is 1. The van der Waals surface area contributed by atoms with Crippen molar-refractivity contribution in [2.45, 2.75) is 6.42 Å². The molecule has 0 bridgehead atoms. The fourth-order valence-corrected chi connectivity index (χ4v) is 3.90. The van der Waals surface area contributed by atoms with Crippen molar-refractivity contribution < 1.29 is 14.3 Å². The molecule has 146 valence electrons. The molecule has 0 radical (unpaired) electrons. The summed E-state index contributed by atoms with van der Waals surface area (Å²) in [5.41, 5.74) is 4.79. The number of Topliss-reactive ketones (excluding diaryl/α,β-unsaturated/α-hetero) is 1. The van der Waals surface area contributed by atoms with Crippen LogP contribution in [0.1, 0.15) is 21.5 Å². The van der Waals surface area contributed by atoms with Gasteiger partial charge < -0.3 is 19.3 Å². The number of fused-ring (bicyclic) bond motifs is 1. The predicted molar refractivity (Wildman–Crippen MR) is 112 cm³/mol. The smallest absolute Gasteiger partial charge is 0.189 e. The first-order chi connectivity index (χ1) is 13.6. The molecule has 1 aliphatic heterocycles. The zero-order chi connectivity index (χ0) is 19.7. The average molecular weight is 378 g/mol. The number of hydrogen-bond acceptors (Lipinski definition) is 5. The molecule has 0 unspecified atom stereocenters. The van der Waals surface area contributed by atoms with Gasteiger partial charge in [0.05, 0.1) is 14.2 Å². The highest BCUT2D eigenvalue weighted by Crippen LogP contribution is 2.37. The third-order valence-corrected chi connectivity index (χ3v) is 5.63. The lowest BCUT2D eigenvalue weighted by molar-refractivity contribution is 0.104. The van der Waals surface area contributed by atoms with E-state index in [1.807, 2.05) is 12.1 Å². The number of hydrogen-bond donors (Lipinski definition) is 0. The molecule has 1 aliphatic carbocycles. The van der Waals surface area contributed by atoms with E-state index in [1.165, 1.54) is 5.69 Å². The maximum absolute atomic E-state index is 12.8. The molecular weight excluding hydrogens is 352 g/mol. The fraction of sp³-hybridized carbons (Fsp3) is 0.348. The van der Waals surface area contributed by atoms with Crippen molar-refractivity contribution in [1.82, 2.24) is 4.90 Å². The molecule has 1 fully saturated rings. The number of methoxy groups -OCH3 is 2. The predicted octanol–water partition coefficient (Wildman–Crippen LogP) is 3.28. The van der Waals surface area contributed by atoms with Gasteiger partial charge in [-0.3, -0.25) is 4.79 Å². The summed E-state index contributed by atoms with van der Waals surface area (Å²) < 4.78 is 10.7. The van der Waals surface area contributed by atoms with Crippen molar-refractivity contribution in [3.63, 3.8) is 0 Å². The zero-order valence-corrected chi connectivity index (χ0v) is 16.7. The molecule has 2 aromatic rings. The highest BCUT2D eigenvalue weighted by Gasteiger charge is 2.27. The largest absolute Gasteiger partial charge is 0.493 e. The van der Waals surface area contributed by atoms with Crippen LogP contribution in [0, 0.1) is 0 Å². The van der Waals surface area contributed by atoms with Crippen molar-refractivity contribution in [2.24, 2.45) is 0 Å². The van der Waals surface area contributed by atoms with Crippen LogP contribution in [0.25, 0.3) is 6.08 Å². The van der Waals surface area contributed by atoms with Crippen LogP contribution in [-0.2, 0) is 6.42 Å². The Morgan fingerprint density at radius 2 is 1.57 bits per heavy atom. The monoisotopic (exact) mass is 378 g/mol. The van der Waals surface area contributed by atoms with E-state index in [1.54, 1.807) is 20.3 Å². The first-order valence-corrected chi connectivity index (χ1v) is 9.63. The molecule has 2 aliphatic rings. The SMILES string of the molecule is COc1cc2c(cc1OC)C(=O)C(=Cc1ccc(N3CCN(C)CC3)cc1)C2. The molecule has 0 saturated carbocycles. The molecule has 28 heavy (non-hydrogen) atoms. The van der Waals surface area contributed by atoms with Gasteiger partial charge in [-0.15, -0.1) is 0 Å². The lowest BCUT2D eigenvalue weighted by atomic mass is 10.1. The summed E-state index contributed by atoms with van der Waals surface area (Å²) in [6.45, 7) is 4.28. The van der Waals surface area contributed by atoms with Gasteiger partial charge in [0.2, 0.25) is 0 Å². The number of piperazine rings is 1. The molecule has 4 rings (SSSR count). The normalized spacial score (nSPS) is 18.5. The zero-order valence-electron chi connectivity index (χ0n) is 16.7. The molecule has 0 amide bonds. The van der Waals surface area contributed by atoms with E-state index in [0.29, 0.717) is 23.5 Å². The van der Waals surface area contributed by atoms with Crippen molar-refractivity contribution >= 4 is 17.5 Å². The third kappa shape index (κ3) is 3.50. The summed E-state index contributed by atoms with van der Waals surface area (Å²) in [5, 5.41) is 0. The van der Waals surface area contributed by atoms with Gasteiger partial charge in [0, 0.05) is 49.4 Å². The summed E-state index contributed by atoms with van der Waals surface area (Å²) in [7, 11) is 5.36. The summed E-state index contributed by atoms with van der Waals surface area (Å²) in [6, 6.07) is 12.2. The van der Waals surface area contributed by atoms with Crippen LogP contribution in [0.4, 0.5) is 5.69 Å². The van der Waals surface area contributed by atoms with Crippen LogP contribution in [0.15, 0.2) is 42.0 Å². The van der Waals surface area contributed by atoms with E-state index in [0.717, 1.165) is 42.9 Å². The van der Waals surface area contributed by atoms with Gasteiger partial charge >= 0.3 is 0 Å². The van der Waals surface area contributed by atoms with Crippen molar-refractivity contribution in [3.05, 3.63) is 58.7 Å². The Balaban J connectivity index is 1.54. The minimum Gasteiger partial charge on any atom is -0.493 e. The molecule has 0 N–H and O–H groups in total. The number of ether oxygens (including phenoxy) is 2. The van der Waals surface area contributed by atoms with E-state index in [4.69, 9.17) is 9.47 Å². The number of carbonyl (C=O) groups is 1. The second-order valence-electron chi connectivity index (χ2n) is 7.42. The Kier molecular flexibility index (Phi) is 5.09. The first-order valence-electron chi connectivity index (χ1n) is 9.63. The van der Waals surface area contributed by atoms with E-state index in [9.17, 15) is 4.79 Å². The second kappa shape index (κ2) is 7.68. The number of ketones is 1. The highest BCUT2D eigenvalue weighted by atomic mass is 16.5. The molecule has 1 heterocycles. The van der Waals surface area contributed by atoms with Gasteiger partial charge in [0.15, 0.2) is 17.3 Å². The molecule has 1 saturated heterocycles. The van der Waals surface area contributed by atoms with Crippen LogP contribution in [-0.4, -0.2) is 58.1 Å². The molecule has 0 atom stereocenters. The number of nitrogens with zero attached hydrogens (tertiary/aromatic N) is 2. The average Bonchev–Trinajstić information content (AvgIpc) is 3.02. The molecule has 0 spiro atoms. The maximum atomic E-state index is 12.8. The van der Waals surface area contributed by atoms with Crippen LogP contribution in [0.3, 0.4) is 0 Å². The second-order valence-corrected chi connectivity index (χ2v) is 7.42. The number of likely N-dealkylation sites (N-methyl/N-ethyl adjacent to an activating group) is 1. The molecule has 5 nitrogen and oxygen atoms in total. The quantitative estimate of drug-likeness (QED) is 0.764. The number of rotatable bonds is 4. The van der Waals surface area contributed by atoms with Crippen LogP contribution >= 0.6 is 0 Å². The van der Waals surface area contributed by atoms with Crippen LogP contribution < -0.4 is 14.4 Å². The Morgan fingerprint density at radius 3 is 2.21 bits per heavy atom. The van der Waals surface area contributed by atoms with E-state index >= 15 is 0 Å². The fourth-order valence-electron chi connectivity index (χ4n) is 3.90. The molecule has 5 heteroatoms. The molecule has 0 aromatic heterocycles. The van der Waals surface area contributed by atoms with Gasteiger partial charge in [0.1, 0.15) is 0 Å². The van der Waals surface area contributed by atoms with Crippen molar-refractivity contribution in [1.29, 1.82) is 0 Å². The highest BCUT2D eigenvalue weighted by molar-refractivity contribution is 6.15. The van der Waals surface area contributed by atoms with Gasteiger partial charge in [-0.2, -0.15) is 0 Å². The van der Waals surface area contributed by atoms with E-state index < -0.39 is 0 Å². The Hall–Kier alpha value is -2.79. The van der Waals surface area contributed by atoms with Gasteiger partial charge in [-0.05, 0) is 48.5 Å². The number of benzene rings is 2. The van der Waals surface area contributed by atoms with Gasteiger partial charge in [-0.1, -0.05) is 12.1 Å². The number of allylic oxidation sites excluding steroid dienone is 1. The Morgan fingerprint density at radius 1 is 0.929 bits per heavy atom. The van der Waals surface area contributed by atoms with Crippen molar-refractivity contribution in [3.8, 4) is 11.5 Å². The van der Waals surface area contributed by atoms with Crippen molar-refractivity contribution in [2.75, 3.05) is 52.3 Å². The summed E-state index contributed by atoms with van der Waals surface area (Å²) in [5.74, 6) is 1.32. The van der Waals surface area contributed by atoms with Gasteiger partial charge in [0.25, 0.3) is 0 Å². The number of carbonyl (C=O) groups excluding carboxylic acids is 1. The standard InChI is InChI=1S/C23H26N2O3/c1-24-8-10-25(11-9-24)19-6-4-16(5-7-19)12-18-13-17-14-21(27-2)22(28-3)15-20(17)23(18)26/h4-7,12,14-15H,8-11,13H2,1-3H3. The van der Waals surface area contributed by atoms with Gasteiger partial charge in [-0.25, -0.2) is 0 Å². The molecule has 2 aromatic carbocycles. The minimum atomic E-state index is 0.0686. The topological polar surface area (TPSA) is 42.0 Å². The third-order valence-electron chi connectivity index (χ3n) is 5.63. The Bertz CT molecular complexity index is 910. The van der Waals surface area contributed by atoms with E-state index in [2.05, 4.69) is 41.1 Å². The summed E-state index contributed by atoms with van der Waals surface area (Å²) in [6.07, 6.45) is 2.61. The molecular formula is C23H26N2O3. The first kappa shape index (κ1) is 18.6. The maximum Gasteiger partial charge on any atom is 0.189 e. The van der Waals surface area contributed by atoms with Crippen LogP contribution in [0.2, 0.25) is 0 Å². The summed E-state index contributed by atoms with van der Waals surface area (Å²) >= 11 is 0. The Labute approximate surface area is 166 Å². The summed E-state index contributed by atoms with van der Waals surface area (Å²) in [4.78, 5) is 17.6. The minimum absolute atomic E-state index is 0.0686. The lowest BCUT2D eigenvalue weighted by Crippen LogP contribution is -2.44. The lowest BCUT2D eigenvalue weighted by Gasteiger charge is -2.34. The van der Waals surface area contributed by atoms with E-state index in [-0.39, 0.29) is 5.78 Å². The van der Waals surface area contributed by atoms with Crippen LogP contribution in [0.5, 0.6) is 11.5 Å².